The fraction of sp³-hybridized carbons (Fsp3) is 0.364. The van der Waals surface area contributed by atoms with Crippen molar-refractivity contribution in [3.63, 3.8) is 0 Å². The van der Waals surface area contributed by atoms with E-state index >= 15 is 0 Å². The third-order valence-corrected chi connectivity index (χ3v) is 4.92. The molecular weight excluding hydrogens is 392 g/mol. The molecule has 2 N–H and O–H groups in total. The van der Waals surface area contributed by atoms with Crippen LogP contribution in [0.4, 0.5) is 5.69 Å². The van der Waals surface area contributed by atoms with Gasteiger partial charge < -0.3 is 20.1 Å². The minimum absolute atomic E-state index is 0.0485. The van der Waals surface area contributed by atoms with Crippen molar-refractivity contribution in [1.82, 2.24) is 5.32 Å². The van der Waals surface area contributed by atoms with Crippen LogP contribution in [0.5, 0.6) is 5.75 Å². The number of anilines is 1. The summed E-state index contributed by atoms with van der Waals surface area (Å²) in [6, 6.07) is 13.7. The molecular formula is C22H25ClN2O4. The standard InChI is InChI=1S/C22H25ClN2O4/c1-22(2,29-16-11-9-15(23)10-12-16)21(27)25-19-8-4-3-7-18(19)20(26)24-14-17-6-5-13-28-17/h3-4,7-12,17H,5-6,13-14H2,1-2H3,(H,24,26)(H,25,27). The van der Waals surface area contributed by atoms with Gasteiger partial charge >= 0.3 is 0 Å². The van der Waals surface area contributed by atoms with Crippen LogP contribution in [-0.4, -0.2) is 36.7 Å². The molecule has 1 aliphatic rings. The maximum absolute atomic E-state index is 12.8. The summed E-state index contributed by atoms with van der Waals surface area (Å²) in [7, 11) is 0. The first kappa shape index (κ1) is 21.1. The van der Waals surface area contributed by atoms with Crippen molar-refractivity contribution in [1.29, 1.82) is 0 Å². The van der Waals surface area contributed by atoms with Crippen LogP contribution in [0.1, 0.15) is 37.0 Å². The molecule has 154 valence electrons. The normalized spacial score (nSPS) is 16.3. The first-order chi connectivity index (χ1) is 13.8. The molecule has 7 heteroatoms. The van der Waals surface area contributed by atoms with Crippen LogP contribution in [-0.2, 0) is 9.53 Å². The van der Waals surface area contributed by atoms with Gasteiger partial charge in [-0.15, -0.1) is 0 Å². The van der Waals surface area contributed by atoms with Crippen molar-refractivity contribution in [3.05, 3.63) is 59.1 Å². The Morgan fingerprint density at radius 3 is 2.59 bits per heavy atom. The summed E-state index contributed by atoms with van der Waals surface area (Å²) in [5.74, 6) is -0.100. The number of carbonyl (C=O) groups excluding carboxylic acids is 2. The number of hydrogen-bond donors (Lipinski definition) is 2. The number of rotatable bonds is 7. The first-order valence-corrected chi connectivity index (χ1v) is 9.98. The molecule has 0 aliphatic carbocycles. The Kier molecular flexibility index (Phi) is 6.77. The lowest BCUT2D eigenvalue weighted by atomic mass is 10.1. The van der Waals surface area contributed by atoms with Gasteiger partial charge in [0, 0.05) is 18.2 Å². The molecule has 2 aromatic rings. The quantitative estimate of drug-likeness (QED) is 0.714. The van der Waals surface area contributed by atoms with Crippen LogP contribution in [0.15, 0.2) is 48.5 Å². The highest BCUT2D eigenvalue weighted by atomic mass is 35.5. The van der Waals surface area contributed by atoms with E-state index in [1.54, 1.807) is 62.4 Å². The van der Waals surface area contributed by atoms with E-state index in [1.807, 2.05) is 0 Å². The minimum Gasteiger partial charge on any atom is -0.478 e. The molecule has 0 radical (unpaired) electrons. The SMILES string of the molecule is CC(C)(Oc1ccc(Cl)cc1)C(=O)Nc1ccccc1C(=O)NCC1CCCO1. The minimum atomic E-state index is -1.16. The fourth-order valence-corrected chi connectivity index (χ4v) is 3.14. The number of carbonyl (C=O) groups is 2. The summed E-state index contributed by atoms with van der Waals surface area (Å²) < 4.78 is 11.4. The van der Waals surface area contributed by atoms with Gasteiger partial charge in [0.1, 0.15) is 5.75 Å². The molecule has 2 aromatic carbocycles. The molecule has 1 saturated heterocycles. The molecule has 1 heterocycles. The number of amides is 2. The zero-order chi connectivity index (χ0) is 20.9. The monoisotopic (exact) mass is 416 g/mol. The van der Waals surface area contributed by atoms with E-state index in [4.69, 9.17) is 21.1 Å². The largest absolute Gasteiger partial charge is 0.478 e. The maximum atomic E-state index is 12.8. The van der Waals surface area contributed by atoms with Crippen molar-refractivity contribution in [2.75, 3.05) is 18.5 Å². The van der Waals surface area contributed by atoms with Crippen LogP contribution in [0.25, 0.3) is 0 Å². The van der Waals surface area contributed by atoms with Crippen molar-refractivity contribution >= 4 is 29.1 Å². The smallest absolute Gasteiger partial charge is 0.267 e. The summed E-state index contributed by atoms with van der Waals surface area (Å²) >= 11 is 5.89. The predicted octanol–water partition coefficient (Wildman–Crippen LogP) is 4.04. The molecule has 0 bridgehead atoms. The van der Waals surface area contributed by atoms with Crippen LogP contribution in [0.3, 0.4) is 0 Å². The van der Waals surface area contributed by atoms with Gasteiger partial charge in [0.05, 0.1) is 17.4 Å². The highest BCUT2D eigenvalue weighted by molar-refractivity contribution is 6.30. The van der Waals surface area contributed by atoms with Gasteiger partial charge in [-0.25, -0.2) is 0 Å². The molecule has 6 nitrogen and oxygen atoms in total. The van der Waals surface area contributed by atoms with E-state index in [2.05, 4.69) is 10.6 Å². The van der Waals surface area contributed by atoms with Crippen molar-refractivity contribution in [2.24, 2.45) is 0 Å². The van der Waals surface area contributed by atoms with Crippen LogP contribution in [0.2, 0.25) is 5.02 Å². The van der Waals surface area contributed by atoms with Crippen molar-refractivity contribution in [2.45, 2.75) is 38.4 Å². The van der Waals surface area contributed by atoms with E-state index in [-0.39, 0.29) is 17.9 Å². The summed E-state index contributed by atoms with van der Waals surface area (Å²) in [4.78, 5) is 25.4. The molecule has 0 saturated carbocycles. The number of ether oxygens (including phenoxy) is 2. The Bertz CT molecular complexity index is 861. The number of para-hydroxylation sites is 1. The molecule has 0 spiro atoms. The Morgan fingerprint density at radius 1 is 1.17 bits per heavy atom. The van der Waals surface area contributed by atoms with Crippen LogP contribution >= 0.6 is 11.6 Å². The Balaban J connectivity index is 1.66. The number of nitrogens with one attached hydrogen (secondary N) is 2. The number of benzene rings is 2. The van der Waals surface area contributed by atoms with Gasteiger partial charge in [-0.2, -0.15) is 0 Å². The zero-order valence-electron chi connectivity index (χ0n) is 16.5. The molecule has 2 amide bonds. The summed E-state index contributed by atoms with van der Waals surface area (Å²) in [6.45, 7) is 4.51. The van der Waals surface area contributed by atoms with Gasteiger partial charge in [0.25, 0.3) is 11.8 Å². The van der Waals surface area contributed by atoms with Gasteiger partial charge in [-0.05, 0) is 63.1 Å². The lowest BCUT2D eigenvalue weighted by molar-refractivity contribution is -0.128. The second kappa shape index (κ2) is 9.29. The molecule has 3 rings (SSSR count). The summed E-state index contributed by atoms with van der Waals surface area (Å²) in [6.07, 6.45) is 2.00. The number of hydrogen-bond acceptors (Lipinski definition) is 4. The molecule has 1 fully saturated rings. The highest BCUT2D eigenvalue weighted by Crippen LogP contribution is 2.23. The Morgan fingerprint density at radius 2 is 1.90 bits per heavy atom. The van der Waals surface area contributed by atoms with Crippen LogP contribution < -0.4 is 15.4 Å². The van der Waals surface area contributed by atoms with Crippen LogP contribution in [0, 0.1) is 0 Å². The number of halogens is 1. The molecule has 1 aliphatic heterocycles. The van der Waals surface area contributed by atoms with Gasteiger partial charge in [-0.1, -0.05) is 23.7 Å². The second-order valence-corrected chi connectivity index (χ2v) is 7.85. The van der Waals surface area contributed by atoms with Crippen molar-refractivity contribution in [3.8, 4) is 5.75 Å². The first-order valence-electron chi connectivity index (χ1n) is 9.60. The average Bonchev–Trinajstić information content (AvgIpc) is 3.22. The molecule has 1 atom stereocenters. The molecule has 1 unspecified atom stereocenters. The second-order valence-electron chi connectivity index (χ2n) is 7.41. The third kappa shape index (κ3) is 5.71. The van der Waals surface area contributed by atoms with E-state index in [0.717, 1.165) is 19.4 Å². The Labute approximate surface area is 175 Å². The molecule has 0 aromatic heterocycles. The van der Waals surface area contributed by atoms with E-state index < -0.39 is 5.60 Å². The van der Waals surface area contributed by atoms with Gasteiger partial charge in [0.15, 0.2) is 5.60 Å². The topological polar surface area (TPSA) is 76.7 Å². The average molecular weight is 417 g/mol. The predicted molar refractivity (Wildman–Crippen MR) is 113 cm³/mol. The van der Waals surface area contributed by atoms with Crippen molar-refractivity contribution < 1.29 is 19.1 Å². The maximum Gasteiger partial charge on any atom is 0.267 e. The Hall–Kier alpha value is -2.57. The lowest BCUT2D eigenvalue weighted by Crippen LogP contribution is -2.43. The van der Waals surface area contributed by atoms with E-state index in [0.29, 0.717) is 28.6 Å². The lowest BCUT2D eigenvalue weighted by Gasteiger charge is -2.26. The summed E-state index contributed by atoms with van der Waals surface area (Å²) in [5, 5.41) is 6.27. The molecule has 29 heavy (non-hydrogen) atoms. The van der Waals surface area contributed by atoms with E-state index in [9.17, 15) is 9.59 Å². The van der Waals surface area contributed by atoms with Gasteiger partial charge in [0.2, 0.25) is 0 Å². The third-order valence-electron chi connectivity index (χ3n) is 4.67. The van der Waals surface area contributed by atoms with Gasteiger partial charge in [-0.3, -0.25) is 9.59 Å². The highest BCUT2D eigenvalue weighted by Gasteiger charge is 2.31. The summed E-state index contributed by atoms with van der Waals surface area (Å²) in [5.41, 5.74) is -0.342. The van der Waals surface area contributed by atoms with E-state index in [1.165, 1.54) is 0 Å². The fourth-order valence-electron chi connectivity index (χ4n) is 3.01. The zero-order valence-corrected chi connectivity index (χ0v) is 17.3.